The highest BCUT2D eigenvalue weighted by Crippen LogP contribution is 2.20. The molecule has 0 saturated carbocycles. The molecule has 0 amide bonds. The van der Waals surface area contributed by atoms with Gasteiger partial charge in [0.05, 0.1) is 5.69 Å². The Kier molecular flexibility index (Phi) is 6.30. The van der Waals surface area contributed by atoms with Crippen molar-refractivity contribution in [3.05, 3.63) is 42.1 Å². The van der Waals surface area contributed by atoms with E-state index in [4.69, 9.17) is 4.52 Å². The molecule has 2 atom stereocenters. The lowest BCUT2D eigenvalue weighted by Crippen LogP contribution is -2.48. The van der Waals surface area contributed by atoms with E-state index in [0.29, 0.717) is 17.9 Å². The Morgan fingerprint density at radius 3 is 2.32 bits per heavy atom. The Morgan fingerprint density at radius 2 is 1.76 bits per heavy atom. The molecule has 0 radical (unpaired) electrons. The van der Waals surface area contributed by atoms with Gasteiger partial charge in [0.2, 0.25) is 0 Å². The van der Waals surface area contributed by atoms with Crippen LogP contribution in [0.3, 0.4) is 0 Å². The summed E-state index contributed by atoms with van der Waals surface area (Å²) in [5.74, 6) is -1.53. The van der Waals surface area contributed by atoms with E-state index in [1.54, 1.807) is 6.07 Å². The number of hydrogen-bond donors (Lipinski definition) is 3. The monoisotopic (exact) mass is 346 g/mol. The van der Waals surface area contributed by atoms with Gasteiger partial charge in [-0.15, -0.1) is 0 Å². The zero-order valence-electron chi connectivity index (χ0n) is 14.2. The molecule has 0 spiro atoms. The van der Waals surface area contributed by atoms with E-state index in [2.05, 4.69) is 10.5 Å². The predicted octanol–water partition coefficient (Wildman–Crippen LogP) is 2.43. The molecule has 0 fully saturated rings. The smallest absolute Gasteiger partial charge is 0.321 e. The zero-order valence-corrected chi connectivity index (χ0v) is 14.2. The van der Waals surface area contributed by atoms with Crippen molar-refractivity contribution < 1.29 is 24.3 Å². The molecule has 1 heterocycles. The highest BCUT2D eigenvalue weighted by Gasteiger charge is 2.27. The second kappa shape index (κ2) is 8.43. The second-order valence-electron chi connectivity index (χ2n) is 6.33. The first-order chi connectivity index (χ1) is 11.9. The van der Waals surface area contributed by atoms with Gasteiger partial charge in [0.25, 0.3) is 0 Å². The van der Waals surface area contributed by atoms with Gasteiger partial charge in [-0.05, 0) is 12.3 Å². The Hall–Kier alpha value is -2.67. The molecular weight excluding hydrogens is 324 g/mol. The van der Waals surface area contributed by atoms with Gasteiger partial charge in [-0.25, -0.2) is 0 Å². The molecule has 3 N–H and O–H groups in total. The van der Waals surface area contributed by atoms with Gasteiger partial charge >= 0.3 is 11.9 Å². The molecule has 1 aromatic heterocycles. The first-order valence-corrected chi connectivity index (χ1v) is 8.09. The number of rotatable bonds is 9. The van der Waals surface area contributed by atoms with Gasteiger partial charge in [0.1, 0.15) is 12.1 Å². The van der Waals surface area contributed by atoms with Crippen molar-refractivity contribution in [2.24, 2.45) is 5.92 Å². The van der Waals surface area contributed by atoms with Crippen molar-refractivity contribution >= 4 is 11.9 Å². The molecular formula is C18H22N2O5. The van der Waals surface area contributed by atoms with Crippen LogP contribution in [0.15, 0.2) is 40.9 Å². The summed E-state index contributed by atoms with van der Waals surface area (Å²) in [7, 11) is 0. The second-order valence-corrected chi connectivity index (χ2v) is 6.33. The van der Waals surface area contributed by atoms with E-state index in [0.717, 1.165) is 5.56 Å². The molecule has 7 nitrogen and oxygen atoms in total. The van der Waals surface area contributed by atoms with Crippen LogP contribution in [0.4, 0.5) is 0 Å². The third-order valence-corrected chi connectivity index (χ3v) is 3.74. The van der Waals surface area contributed by atoms with Gasteiger partial charge in [-0.2, -0.15) is 0 Å². The Morgan fingerprint density at radius 1 is 1.12 bits per heavy atom. The Labute approximate surface area is 145 Å². The van der Waals surface area contributed by atoms with Crippen molar-refractivity contribution in [1.29, 1.82) is 0 Å². The first kappa shape index (κ1) is 18.7. The van der Waals surface area contributed by atoms with Crippen LogP contribution in [-0.2, 0) is 16.0 Å². The summed E-state index contributed by atoms with van der Waals surface area (Å²) in [6.45, 7) is 3.77. The van der Waals surface area contributed by atoms with Gasteiger partial charge in [-0.1, -0.05) is 49.3 Å². The third-order valence-electron chi connectivity index (χ3n) is 3.74. The van der Waals surface area contributed by atoms with E-state index in [-0.39, 0.29) is 12.3 Å². The number of hydrogen-bond acceptors (Lipinski definition) is 5. The molecule has 0 aliphatic carbocycles. The fourth-order valence-electron chi connectivity index (χ4n) is 2.53. The van der Waals surface area contributed by atoms with Crippen LogP contribution in [0.25, 0.3) is 11.3 Å². The molecule has 2 aromatic rings. The van der Waals surface area contributed by atoms with E-state index in [1.165, 1.54) is 0 Å². The minimum Gasteiger partial charge on any atom is -0.480 e. The van der Waals surface area contributed by atoms with E-state index >= 15 is 0 Å². The highest BCUT2D eigenvalue weighted by atomic mass is 16.5. The molecule has 134 valence electrons. The lowest BCUT2D eigenvalue weighted by atomic mass is 10.0. The Bertz CT molecular complexity index is 711. The van der Waals surface area contributed by atoms with Crippen molar-refractivity contribution in [2.75, 3.05) is 0 Å². The average molecular weight is 346 g/mol. The van der Waals surface area contributed by atoms with Crippen LogP contribution < -0.4 is 5.32 Å². The standard InChI is InChI=1S/C18H22N2O5/c1-11(2)8-14(17(21)22)19-15(18(23)24)9-13-10-16(25-20-13)12-6-4-3-5-7-12/h3-7,10-11,14-15,19H,8-9H2,1-2H3,(H,21,22)(H,23,24)/t14-,15-/m0/s1. The average Bonchev–Trinajstić information content (AvgIpc) is 3.02. The maximum Gasteiger partial charge on any atom is 0.321 e. The quantitative estimate of drug-likeness (QED) is 0.639. The summed E-state index contributed by atoms with van der Waals surface area (Å²) in [5.41, 5.74) is 1.29. The fourth-order valence-corrected chi connectivity index (χ4v) is 2.53. The number of carboxylic acids is 2. The number of aromatic nitrogens is 1. The van der Waals surface area contributed by atoms with Gasteiger partial charge < -0.3 is 14.7 Å². The molecule has 1 aromatic carbocycles. The summed E-state index contributed by atoms with van der Waals surface area (Å²) < 4.78 is 5.26. The zero-order chi connectivity index (χ0) is 18.4. The highest BCUT2D eigenvalue weighted by molar-refractivity contribution is 5.77. The molecule has 25 heavy (non-hydrogen) atoms. The molecule has 0 aliphatic rings. The van der Waals surface area contributed by atoms with Gasteiger partial charge in [0, 0.05) is 18.1 Å². The van der Waals surface area contributed by atoms with Crippen LogP contribution in [-0.4, -0.2) is 39.4 Å². The van der Waals surface area contributed by atoms with Crippen molar-refractivity contribution in [3.63, 3.8) is 0 Å². The van der Waals surface area contributed by atoms with Crippen LogP contribution >= 0.6 is 0 Å². The van der Waals surface area contributed by atoms with E-state index < -0.39 is 24.0 Å². The number of nitrogens with one attached hydrogen (secondary N) is 1. The maximum absolute atomic E-state index is 11.5. The van der Waals surface area contributed by atoms with Crippen LogP contribution in [0.2, 0.25) is 0 Å². The molecule has 7 heteroatoms. The fraction of sp³-hybridized carbons (Fsp3) is 0.389. The molecule has 0 unspecified atom stereocenters. The number of carboxylic acid groups (broad SMARTS) is 2. The third kappa shape index (κ3) is 5.42. The summed E-state index contributed by atoms with van der Waals surface area (Å²) in [6, 6.07) is 9.01. The molecule has 2 rings (SSSR count). The minimum atomic E-state index is -1.13. The predicted molar refractivity (Wildman–Crippen MR) is 91.1 cm³/mol. The molecule has 0 saturated heterocycles. The Balaban J connectivity index is 2.10. The van der Waals surface area contributed by atoms with Crippen molar-refractivity contribution in [2.45, 2.75) is 38.8 Å². The lowest BCUT2D eigenvalue weighted by Gasteiger charge is -2.21. The number of carbonyl (C=O) groups is 2. The first-order valence-electron chi connectivity index (χ1n) is 8.09. The van der Waals surface area contributed by atoms with Crippen molar-refractivity contribution in [3.8, 4) is 11.3 Å². The van der Waals surface area contributed by atoms with Gasteiger partial charge in [-0.3, -0.25) is 14.9 Å². The summed E-state index contributed by atoms with van der Waals surface area (Å²) in [4.78, 5) is 22.9. The number of aliphatic carboxylic acids is 2. The van der Waals surface area contributed by atoms with Crippen LogP contribution in [0, 0.1) is 5.92 Å². The summed E-state index contributed by atoms with van der Waals surface area (Å²) >= 11 is 0. The molecule has 0 aliphatic heterocycles. The van der Waals surface area contributed by atoms with Crippen molar-refractivity contribution in [1.82, 2.24) is 10.5 Å². The number of benzene rings is 1. The normalized spacial score (nSPS) is 13.6. The van der Waals surface area contributed by atoms with Crippen LogP contribution in [0.5, 0.6) is 0 Å². The largest absolute Gasteiger partial charge is 0.480 e. The summed E-state index contributed by atoms with van der Waals surface area (Å²) in [6.07, 6.45) is 0.376. The number of nitrogens with zero attached hydrogens (tertiary/aromatic N) is 1. The lowest BCUT2D eigenvalue weighted by molar-refractivity contribution is -0.142. The van der Waals surface area contributed by atoms with Gasteiger partial charge in [0.15, 0.2) is 5.76 Å². The minimum absolute atomic E-state index is 0.0353. The topological polar surface area (TPSA) is 113 Å². The van der Waals surface area contributed by atoms with E-state index in [1.807, 2.05) is 44.2 Å². The SMILES string of the molecule is CC(C)C[C@H](N[C@@H](Cc1cc(-c2ccccc2)on1)C(=O)O)C(=O)O. The maximum atomic E-state index is 11.5. The molecule has 0 bridgehead atoms. The van der Waals surface area contributed by atoms with Crippen LogP contribution in [0.1, 0.15) is 26.0 Å². The van der Waals surface area contributed by atoms with E-state index in [9.17, 15) is 19.8 Å². The summed E-state index contributed by atoms with van der Waals surface area (Å²) in [5, 5.41) is 25.3.